The quantitative estimate of drug-likeness (QED) is 0.00552. The van der Waals surface area contributed by atoms with E-state index >= 15 is 0 Å². The van der Waals surface area contributed by atoms with Crippen LogP contribution in [0.2, 0.25) is 0 Å². The summed E-state index contributed by atoms with van der Waals surface area (Å²) in [7, 11) is 0. The number of hydrogen-bond donors (Lipinski definition) is 5. The number of nitriles is 2. The summed E-state index contributed by atoms with van der Waals surface area (Å²) in [5.74, 6) is -0.715. The lowest BCUT2D eigenvalue weighted by atomic mass is 10.1. The van der Waals surface area contributed by atoms with E-state index in [0.717, 1.165) is 199 Å². The zero-order valence-corrected chi connectivity index (χ0v) is 81.7. The van der Waals surface area contributed by atoms with Gasteiger partial charge in [-0.3, -0.25) is 14.4 Å². The minimum Gasteiger partial charge on any atom is -0.502 e. The largest absolute Gasteiger partial charge is 0.502 e. The molecule has 0 fully saturated rings. The van der Waals surface area contributed by atoms with E-state index in [1.54, 1.807) is 33.3 Å². The third kappa shape index (κ3) is 121. The molecule has 8 unspecified atom stereocenters. The maximum atomic E-state index is 12.5. The maximum Gasteiger partial charge on any atom is 0.407 e. The zero-order valence-electron chi connectivity index (χ0n) is 79.4. The summed E-state index contributed by atoms with van der Waals surface area (Å²) in [6.45, 7) is 37.3. The number of amides is 1. The lowest BCUT2D eigenvalue weighted by molar-refractivity contribution is -0.157. The molecule has 129 heavy (non-hydrogen) atoms. The van der Waals surface area contributed by atoms with Crippen LogP contribution >= 0.6 is 24.0 Å². The number of rotatable bonds is 92. The van der Waals surface area contributed by atoms with Crippen molar-refractivity contribution in [2.45, 2.75) is 309 Å². The first-order chi connectivity index (χ1) is 62.3. The molecule has 0 aromatic rings. The van der Waals surface area contributed by atoms with E-state index in [0.29, 0.717) is 138 Å². The highest BCUT2D eigenvalue weighted by Crippen LogP contribution is 2.13. The van der Waals surface area contributed by atoms with E-state index in [1.807, 2.05) is 13.8 Å². The second-order valence-electron chi connectivity index (χ2n) is 29.8. The number of unbranched alkanes of at least 4 members (excludes halogenated alkanes) is 20. The van der Waals surface area contributed by atoms with E-state index in [2.05, 4.69) is 58.0 Å². The summed E-state index contributed by atoms with van der Waals surface area (Å²) in [5.41, 5.74) is 0. The van der Waals surface area contributed by atoms with Crippen LogP contribution in [0, 0.1) is 23.0 Å². The number of nitrogens with zero attached hydrogens (tertiary/aromatic N) is 4. The summed E-state index contributed by atoms with van der Waals surface area (Å²) in [6, 6.07) is 0. The van der Waals surface area contributed by atoms with Crippen LogP contribution in [0.4, 0.5) is 4.79 Å². The van der Waals surface area contributed by atoms with Crippen molar-refractivity contribution in [2.75, 3.05) is 191 Å². The number of aliphatic hydroxyl groups excluding tert-OH is 4. The lowest BCUT2D eigenvalue weighted by Gasteiger charge is -2.19. The Morgan fingerprint density at radius 1 is 0.372 bits per heavy atom. The number of alkyl carbamates (subject to hydrolysis) is 1. The van der Waals surface area contributed by atoms with Gasteiger partial charge in [-0.2, -0.15) is 10.5 Å². The molecular weight excluding hydrogens is 1790 g/mol. The van der Waals surface area contributed by atoms with Crippen molar-refractivity contribution >= 4 is 60.1 Å². The summed E-state index contributed by atoms with van der Waals surface area (Å²) in [4.78, 5) is 74.3. The molecular formula is C93H172IN5O30. The fourth-order valence-electron chi connectivity index (χ4n) is 10.3. The summed E-state index contributed by atoms with van der Waals surface area (Å²) < 4.78 is 106. The first-order valence-corrected chi connectivity index (χ1v) is 46.3. The first-order valence-electron chi connectivity index (χ1n) is 46.3. The number of ether oxygens (including phenoxy) is 20. The molecule has 0 rings (SSSR count). The topological polar surface area (TPSA) is 452 Å². The fourth-order valence-corrected chi connectivity index (χ4v) is 10.3. The Balaban J connectivity index is -0.000000325. The number of aliphatic hydroxyl groups is 4. The van der Waals surface area contributed by atoms with Gasteiger partial charge in [0.05, 0.1) is 156 Å². The number of carbonyl (C=O) groups is 4. The van der Waals surface area contributed by atoms with Crippen molar-refractivity contribution in [3.8, 4) is 12.5 Å². The summed E-state index contributed by atoms with van der Waals surface area (Å²) >= 11 is 0. The molecule has 0 aliphatic heterocycles. The average molecular weight is 1970 g/mol. The summed E-state index contributed by atoms with van der Waals surface area (Å²) in [5, 5.41) is 55.9. The van der Waals surface area contributed by atoms with Gasteiger partial charge in [0.1, 0.15) is 44.2 Å². The smallest absolute Gasteiger partial charge is 0.407 e. The van der Waals surface area contributed by atoms with Crippen molar-refractivity contribution < 1.29 is 145 Å². The number of carbonyl (C=O) groups excluding carboxylic acids is 6. The molecule has 0 radical (unpaired) electrons. The minimum absolute atomic E-state index is 0. The third-order valence-electron chi connectivity index (χ3n) is 17.2. The van der Waals surface area contributed by atoms with Crippen LogP contribution in [0.3, 0.4) is 0 Å². The van der Waals surface area contributed by atoms with Crippen molar-refractivity contribution in [1.82, 2.24) is 5.32 Å². The Morgan fingerprint density at radius 3 is 1.06 bits per heavy atom. The van der Waals surface area contributed by atoms with Gasteiger partial charge in [-0.25, -0.2) is 24.4 Å². The summed E-state index contributed by atoms with van der Waals surface area (Å²) in [6.07, 6.45) is 37.2. The molecule has 756 valence electrons. The molecule has 0 spiro atoms. The van der Waals surface area contributed by atoms with Crippen LogP contribution in [0.25, 0.3) is 0 Å². The van der Waals surface area contributed by atoms with E-state index < -0.39 is 36.6 Å². The molecule has 0 saturated heterocycles. The monoisotopic (exact) mass is 1970 g/mol. The molecule has 0 aromatic heterocycles. The molecule has 8 atom stereocenters. The number of halogens is 1. The highest BCUT2D eigenvalue weighted by molar-refractivity contribution is 14.0. The number of esters is 3. The van der Waals surface area contributed by atoms with Gasteiger partial charge < -0.3 is 120 Å². The minimum atomic E-state index is -0.615. The number of nitrogens with one attached hydrogen (secondary N) is 1. The van der Waals surface area contributed by atoms with Crippen molar-refractivity contribution in [1.29, 1.82) is 10.5 Å². The van der Waals surface area contributed by atoms with Crippen LogP contribution in [0.1, 0.15) is 261 Å². The van der Waals surface area contributed by atoms with E-state index in [-0.39, 0.29) is 134 Å². The van der Waals surface area contributed by atoms with Gasteiger partial charge in [-0.1, -0.05) is 104 Å². The molecule has 0 bridgehead atoms. The molecule has 0 aliphatic rings. The van der Waals surface area contributed by atoms with Crippen molar-refractivity contribution in [2.24, 2.45) is 9.98 Å². The predicted molar refractivity (Wildman–Crippen MR) is 502 cm³/mol. The molecule has 0 aromatic carbocycles. The molecule has 0 aliphatic carbocycles. The van der Waals surface area contributed by atoms with Gasteiger partial charge in [0.25, 0.3) is 12.5 Å². The Hall–Kier alpha value is -6.65. The number of hydrogen-bond acceptors (Lipinski definition) is 34. The van der Waals surface area contributed by atoms with Crippen LogP contribution in [0.15, 0.2) is 61.3 Å². The molecule has 0 saturated carbocycles. The predicted octanol–water partition coefficient (Wildman–Crippen LogP) is 14.9. The van der Waals surface area contributed by atoms with E-state index in [9.17, 15) is 39.0 Å². The third-order valence-corrected chi connectivity index (χ3v) is 17.2. The van der Waals surface area contributed by atoms with Gasteiger partial charge >= 0.3 is 24.0 Å². The Bertz CT molecular complexity index is 2600. The molecule has 35 nitrogen and oxygen atoms in total. The van der Waals surface area contributed by atoms with Gasteiger partial charge in [0, 0.05) is 80.1 Å². The Labute approximate surface area is 791 Å². The first kappa shape index (κ1) is 133. The normalized spacial score (nSPS) is 12.3. The van der Waals surface area contributed by atoms with Crippen LogP contribution < -0.4 is 5.32 Å². The molecule has 0 heterocycles. The Kier molecular flexibility index (Phi) is 119. The van der Waals surface area contributed by atoms with Crippen LogP contribution in [-0.2, 0) is 119 Å². The number of aliphatic imine (C=N–C) groups is 2. The highest BCUT2D eigenvalue weighted by Gasteiger charge is 2.19. The van der Waals surface area contributed by atoms with Gasteiger partial charge in [0.2, 0.25) is 12.2 Å². The standard InChI is InChI=1S/C38H68N2O11.C22H42O8.C19H33NO6.C8H12N2O2.C6H14O3.HI.H2/c1-4-7-8-13-22-40-38(42)51-36(32-47-26-18-16-24-44-6-3)33-48-28-20-19-27-46-31-35(30-45-25-17-15-23-43-5-2)50-37(41)21-12-10-9-11-14-29-49-34-39;1-3-25-11-5-7-13-27-17-21(23)19-29-15-9-10-16-30-20-22(24)18-28-14-8-6-12-26-4-2;1-4-10-18(22)25-13-16(2)24-14-17(3)26-19(23)11-8-6-5-7-9-12-20-15-21;9-7-12-6-4-2-1-3-5-10-8-11;1-5(8)4-9-6(2)3-7;;/h5-6,35-36H,2-4,7-33H2,1H3,(H,40,42);3-4,21-24H,1-2,5-20H2;16-17H,4-14H2,1-3H3;1-6H2;5-8H,3-4H2,1-2H3;2*1H. The second-order valence-corrected chi connectivity index (χ2v) is 29.8. The van der Waals surface area contributed by atoms with Gasteiger partial charge in [-0.05, 0) is 163 Å². The highest BCUT2D eigenvalue weighted by atomic mass is 127. The molecule has 1 amide bonds. The van der Waals surface area contributed by atoms with Crippen LogP contribution in [-0.4, -0.2) is 297 Å². The lowest BCUT2D eigenvalue weighted by Crippen LogP contribution is -2.34. The number of isocyanates is 2. The zero-order chi connectivity index (χ0) is 95.4. The van der Waals surface area contributed by atoms with E-state index in [4.69, 9.17) is 106 Å². The maximum absolute atomic E-state index is 12.5. The van der Waals surface area contributed by atoms with Crippen molar-refractivity contribution in [3.63, 3.8) is 0 Å². The van der Waals surface area contributed by atoms with Gasteiger partial charge in [0.15, 0.2) is 6.10 Å². The second kappa shape index (κ2) is 116. The van der Waals surface area contributed by atoms with Crippen molar-refractivity contribution in [3.05, 3.63) is 51.4 Å². The molecule has 5 N–H and O–H groups in total. The SMILES string of the molecule is C=COCCCCOCC(COCCCCOCC(COCCCCOC=C)OC(=O)NCCCCCC)OC(=O)CCCCCCCOC#N.C=COCCCCOCC(O)COCCCCOCC(O)COCCCCOC=C.CC(O)COC(C)CO.CCCC(=O)OCC(C)OCC(C)OC(=O)CCCCCCCN=C=O.I.N#COCCCCCCN=C=O.[HH]. The Morgan fingerprint density at radius 2 is 0.705 bits per heavy atom. The molecule has 36 heteroatoms. The van der Waals surface area contributed by atoms with E-state index in [1.165, 1.54) is 37.2 Å². The fraction of sp³-hybridized carbons (Fsp3) is 0.828. The average Bonchev–Trinajstić information content (AvgIpc) is 0.958. The van der Waals surface area contributed by atoms with Crippen LogP contribution in [0.5, 0.6) is 0 Å². The van der Waals surface area contributed by atoms with Gasteiger partial charge in [-0.15, -0.1) is 24.0 Å².